The molecule has 0 aliphatic carbocycles. The minimum Gasteiger partial charge on any atom is -0.480 e. The van der Waals surface area contributed by atoms with Crippen molar-refractivity contribution in [1.29, 1.82) is 0 Å². The first-order valence-corrected chi connectivity index (χ1v) is 7.73. The maximum absolute atomic E-state index is 10.5. The molecule has 0 bridgehead atoms. The van der Waals surface area contributed by atoms with E-state index in [-0.39, 0.29) is 6.54 Å². The van der Waals surface area contributed by atoms with Crippen LogP contribution in [-0.2, 0) is 11.3 Å². The van der Waals surface area contributed by atoms with Gasteiger partial charge in [-0.2, -0.15) is 0 Å². The lowest BCUT2D eigenvalue weighted by Gasteiger charge is -2.04. The van der Waals surface area contributed by atoms with Gasteiger partial charge in [-0.1, -0.05) is 35.9 Å². The van der Waals surface area contributed by atoms with Gasteiger partial charge in [-0.15, -0.1) is 0 Å². The summed E-state index contributed by atoms with van der Waals surface area (Å²) < 4.78 is 5.55. The number of carboxylic acid groups (broad SMARTS) is 1. The number of hydrogen-bond donors (Lipinski definition) is 2. The number of rotatable bonds is 6. The maximum atomic E-state index is 10.5. The molecule has 0 aliphatic rings. The van der Waals surface area contributed by atoms with E-state index in [9.17, 15) is 4.79 Å². The highest BCUT2D eigenvalue weighted by atomic mass is 35.5. The molecule has 0 radical (unpaired) electrons. The Morgan fingerprint density at radius 2 is 1.96 bits per heavy atom. The minimum atomic E-state index is -0.881. The fourth-order valence-electron chi connectivity index (χ4n) is 2.31. The third kappa shape index (κ3) is 4.01. The largest absolute Gasteiger partial charge is 0.480 e. The van der Waals surface area contributed by atoms with Crippen molar-refractivity contribution in [2.45, 2.75) is 6.54 Å². The SMILES string of the molecule is O=C(O)CNCc1cccc(-c2coc(-c3cccc(Cl)c3)n2)c1. The summed E-state index contributed by atoms with van der Waals surface area (Å²) >= 11 is 5.99. The molecule has 2 aromatic carbocycles. The molecule has 0 spiro atoms. The van der Waals surface area contributed by atoms with Gasteiger partial charge >= 0.3 is 5.97 Å². The smallest absolute Gasteiger partial charge is 0.317 e. The number of hydrogen-bond acceptors (Lipinski definition) is 4. The van der Waals surface area contributed by atoms with E-state index in [1.807, 2.05) is 36.4 Å². The van der Waals surface area contributed by atoms with Gasteiger partial charge in [-0.05, 0) is 29.8 Å². The number of aliphatic carboxylic acids is 1. The van der Waals surface area contributed by atoms with Crippen LogP contribution in [0.15, 0.2) is 59.2 Å². The molecule has 0 unspecified atom stereocenters. The van der Waals surface area contributed by atoms with Crippen molar-refractivity contribution in [3.8, 4) is 22.7 Å². The van der Waals surface area contributed by atoms with Crippen LogP contribution >= 0.6 is 11.6 Å². The van der Waals surface area contributed by atoms with Crippen LogP contribution in [0.25, 0.3) is 22.7 Å². The highest BCUT2D eigenvalue weighted by Crippen LogP contribution is 2.26. The van der Waals surface area contributed by atoms with Crippen LogP contribution < -0.4 is 5.32 Å². The van der Waals surface area contributed by atoms with Crippen LogP contribution in [-0.4, -0.2) is 22.6 Å². The minimum absolute atomic E-state index is 0.0763. The first kappa shape index (κ1) is 16.2. The summed E-state index contributed by atoms with van der Waals surface area (Å²) in [6.07, 6.45) is 1.60. The van der Waals surface area contributed by atoms with Crippen LogP contribution in [0.2, 0.25) is 5.02 Å². The van der Waals surface area contributed by atoms with E-state index < -0.39 is 5.97 Å². The molecular formula is C18H15ClN2O3. The molecule has 3 aromatic rings. The molecule has 0 fully saturated rings. The van der Waals surface area contributed by atoms with Crippen molar-refractivity contribution in [2.24, 2.45) is 0 Å². The molecule has 1 aromatic heterocycles. The van der Waals surface area contributed by atoms with Crippen LogP contribution in [0.3, 0.4) is 0 Å². The van der Waals surface area contributed by atoms with Crippen LogP contribution in [0, 0.1) is 0 Å². The van der Waals surface area contributed by atoms with Gasteiger partial charge in [0.25, 0.3) is 0 Å². The fourth-order valence-corrected chi connectivity index (χ4v) is 2.51. The third-order valence-corrected chi connectivity index (χ3v) is 3.64. The molecule has 0 aliphatic heterocycles. The average molecular weight is 343 g/mol. The molecule has 2 N–H and O–H groups in total. The Bertz CT molecular complexity index is 861. The van der Waals surface area contributed by atoms with Crippen LogP contribution in [0.5, 0.6) is 0 Å². The van der Waals surface area contributed by atoms with E-state index >= 15 is 0 Å². The molecule has 5 nitrogen and oxygen atoms in total. The normalized spacial score (nSPS) is 10.7. The molecule has 0 amide bonds. The van der Waals surface area contributed by atoms with Gasteiger partial charge in [0.1, 0.15) is 12.0 Å². The second-order valence-corrected chi connectivity index (χ2v) is 5.68. The summed E-state index contributed by atoms with van der Waals surface area (Å²) in [6.45, 7) is 0.395. The number of nitrogens with zero attached hydrogens (tertiary/aromatic N) is 1. The molecule has 0 saturated heterocycles. The Morgan fingerprint density at radius 3 is 2.75 bits per heavy atom. The first-order chi connectivity index (χ1) is 11.6. The summed E-state index contributed by atoms with van der Waals surface area (Å²) in [5.41, 5.74) is 3.40. The second-order valence-electron chi connectivity index (χ2n) is 5.25. The van der Waals surface area contributed by atoms with Crippen LogP contribution in [0.4, 0.5) is 0 Å². The average Bonchev–Trinajstić information content (AvgIpc) is 3.05. The number of aromatic nitrogens is 1. The summed E-state index contributed by atoms with van der Waals surface area (Å²) in [5, 5.41) is 12.1. The number of carboxylic acids is 1. The predicted octanol–water partition coefficient (Wildman–Crippen LogP) is 3.84. The zero-order chi connectivity index (χ0) is 16.9. The van der Waals surface area contributed by atoms with Gasteiger partial charge in [0, 0.05) is 22.7 Å². The number of halogens is 1. The molecule has 0 saturated carbocycles. The van der Waals surface area contributed by atoms with E-state index in [1.165, 1.54) is 0 Å². The Morgan fingerprint density at radius 1 is 1.17 bits per heavy atom. The Labute approximate surface area is 143 Å². The van der Waals surface area contributed by atoms with Gasteiger partial charge in [0.05, 0.1) is 6.54 Å². The van der Waals surface area contributed by atoms with Crippen molar-refractivity contribution in [1.82, 2.24) is 10.3 Å². The van der Waals surface area contributed by atoms with E-state index in [1.54, 1.807) is 18.4 Å². The molecule has 0 atom stereocenters. The summed E-state index contributed by atoms with van der Waals surface area (Å²) in [7, 11) is 0. The zero-order valence-corrected chi connectivity index (χ0v) is 13.5. The Kier molecular flexibility index (Phi) is 4.93. The Balaban J connectivity index is 1.79. The lowest BCUT2D eigenvalue weighted by atomic mass is 10.1. The summed E-state index contributed by atoms with van der Waals surface area (Å²) in [5.74, 6) is -0.379. The van der Waals surface area contributed by atoms with Crippen LogP contribution in [0.1, 0.15) is 5.56 Å². The van der Waals surface area contributed by atoms with Crippen molar-refractivity contribution >= 4 is 17.6 Å². The van der Waals surface area contributed by atoms with Crippen molar-refractivity contribution in [2.75, 3.05) is 6.54 Å². The molecule has 6 heteroatoms. The van der Waals surface area contributed by atoms with Gasteiger partial charge in [0.15, 0.2) is 0 Å². The van der Waals surface area contributed by atoms with E-state index in [0.717, 1.165) is 16.7 Å². The molecule has 3 rings (SSSR count). The monoisotopic (exact) mass is 342 g/mol. The molecule has 24 heavy (non-hydrogen) atoms. The fraction of sp³-hybridized carbons (Fsp3) is 0.111. The highest BCUT2D eigenvalue weighted by molar-refractivity contribution is 6.30. The summed E-state index contributed by atoms with van der Waals surface area (Å²) in [4.78, 5) is 15.0. The lowest BCUT2D eigenvalue weighted by molar-refractivity contribution is -0.135. The number of benzene rings is 2. The zero-order valence-electron chi connectivity index (χ0n) is 12.7. The summed E-state index contributed by atoms with van der Waals surface area (Å²) in [6, 6.07) is 15.0. The standard InChI is InChI=1S/C18H15ClN2O3/c19-15-6-2-5-14(8-15)18-21-16(11-24-18)13-4-1-3-12(7-13)9-20-10-17(22)23/h1-8,11,20H,9-10H2,(H,22,23). The van der Waals surface area contributed by atoms with Gasteiger partial charge in [0.2, 0.25) is 5.89 Å². The number of nitrogens with one attached hydrogen (secondary N) is 1. The van der Waals surface area contributed by atoms with Crippen molar-refractivity contribution in [3.63, 3.8) is 0 Å². The van der Waals surface area contributed by atoms with Crippen molar-refractivity contribution < 1.29 is 14.3 Å². The van der Waals surface area contributed by atoms with Gasteiger partial charge < -0.3 is 14.8 Å². The van der Waals surface area contributed by atoms with Gasteiger partial charge in [-0.3, -0.25) is 4.79 Å². The topological polar surface area (TPSA) is 75.4 Å². The predicted molar refractivity (Wildman–Crippen MR) is 91.7 cm³/mol. The second kappa shape index (κ2) is 7.29. The van der Waals surface area contributed by atoms with E-state index in [4.69, 9.17) is 21.1 Å². The third-order valence-electron chi connectivity index (χ3n) is 3.40. The maximum Gasteiger partial charge on any atom is 0.317 e. The van der Waals surface area contributed by atoms with Crippen molar-refractivity contribution in [3.05, 3.63) is 65.4 Å². The van der Waals surface area contributed by atoms with Gasteiger partial charge in [-0.25, -0.2) is 4.98 Å². The lowest BCUT2D eigenvalue weighted by Crippen LogP contribution is -2.21. The number of oxazole rings is 1. The molecule has 1 heterocycles. The first-order valence-electron chi connectivity index (χ1n) is 7.35. The van der Waals surface area contributed by atoms with E-state index in [2.05, 4.69) is 10.3 Å². The molecular weight excluding hydrogens is 328 g/mol. The molecule has 122 valence electrons. The van der Waals surface area contributed by atoms with E-state index in [0.29, 0.717) is 23.2 Å². The Hall–Kier alpha value is -2.63. The highest BCUT2D eigenvalue weighted by Gasteiger charge is 2.09. The number of carbonyl (C=O) groups is 1. The quantitative estimate of drug-likeness (QED) is 0.712.